The Morgan fingerprint density at radius 2 is 2.10 bits per heavy atom. The average molecular weight is 296 g/mol. The molecule has 0 amide bonds. The zero-order valence-electron chi connectivity index (χ0n) is 12.3. The molecule has 0 spiro atoms. The topological polar surface area (TPSA) is 35.8 Å². The van der Waals surface area contributed by atoms with Crippen LogP contribution in [0.4, 0.5) is 5.69 Å². The summed E-state index contributed by atoms with van der Waals surface area (Å²) in [6.07, 6.45) is 5.27. The zero-order chi connectivity index (χ0) is 14.7. The molecule has 1 unspecified atom stereocenters. The van der Waals surface area contributed by atoms with Gasteiger partial charge in [0.25, 0.3) is 0 Å². The Kier molecular flexibility index (Phi) is 4.26. The van der Waals surface area contributed by atoms with Gasteiger partial charge in [-0.3, -0.25) is 0 Å². The minimum atomic E-state index is 0.375. The van der Waals surface area contributed by atoms with E-state index in [-0.39, 0.29) is 0 Å². The SMILES string of the molecule is Cc1ccc(C#N)cc1NC(c1cccs1)C1CCCC1. The lowest BCUT2D eigenvalue weighted by Crippen LogP contribution is -2.18. The van der Waals surface area contributed by atoms with Crippen LogP contribution in [0.5, 0.6) is 0 Å². The molecule has 1 aliphatic carbocycles. The van der Waals surface area contributed by atoms with Gasteiger partial charge in [-0.1, -0.05) is 25.0 Å². The third kappa shape index (κ3) is 3.11. The summed E-state index contributed by atoms with van der Waals surface area (Å²) >= 11 is 1.83. The van der Waals surface area contributed by atoms with Crippen LogP contribution < -0.4 is 5.32 Å². The van der Waals surface area contributed by atoms with Gasteiger partial charge in [-0.05, 0) is 54.8 Å². The molecule has 108 valence electrons. The number of rotatable bonds is 4. The summed E-state index contributed by atoms with van der Waals surface area (Å²) < 4.78 is 0. The summed E-state index contributed by atoms with van der Waals surface area (Å²) in [5, 5.41) is 15.0. The third-order valence-electron chi connectivity index (χ3n) is 4.40. The highest BCUT2D eigenvalue weighted by Crippen LogP contribution is 2.39. The fraction of sp³-hybridized carbons (Fsp3) is 0.389. The predicted molar refractivity (Wildman–Crippen MR) is 88.5 cm³/mol. The number of hydrogen-bond acceptors (Lipinski definition) is 3. The summed E-state index contributed by atoms with van der Waals surface area (Å²) in [6.45, 7) is 2.10. The van der Waals surface area contributed by atoms with Crippen LogP contribution in [0.25, 0.3) is 0 Å². The normalized spacial score (nSPS) is 16.6. The second-order valence-electron chi connectivity index (χ2n) is 5.82. The Morgan fingerprint density at radius 3 is 2.76 bits per heavy atom. The maximum absolute atomic E-state index is 9.11. The summed E-state index contributed by atoms with van der Waals surface area (Å²) in [7, 11) is 0. The smallest absolute Gasteiger partial charge is 0.0992 e. The second-order valence-corrected chi connectivity index (χ2v) is 6.80. The summed E-state index contributed by atoms with van der Waals surface area (Å²) in [4.78, 5) is 1.41. The van der Waals surface area contributed by atoms with E-state index in [0.717, 1.165) is 11.3 Å². The number of aryl methyl sites for hydroxylation is 1. The van der Waals surface area contributed by atoms with Crippen molar-refractivity contribution in [2.24, 2.45) is 5.92 Å². The summed E-state index contributed by atoms with van der Waals surface area (Å²) in [6, 6.07) is 12.9. The highest BCUT2D eigenvalue weighted by atomic mass is 32.1. The molecule has 1 N–H and O–H groups in total. The molecule has 3 heteroatoms. The first-order valence-electron chi connectivity index (χ1n) is 7.58. The Balaban J connectivity index is 1.89. The lowest BCUT2D eigenvalue weighted by Gasteiger charge is -2.26. The quantitative estimate of drug-likeness (QED) is 0.834. The molecule has 0 saturated heterocycles. The van der Waals surface area contributed by atoms with Gasteiger partial charge in [-0.2, -0.15) is 5.26 Å². The molecule has 1 aliphatic rings. The van der Waals surface area contributed by atoms with E-state index in [4.69, 9.17) is 5.26 Å². The van der Waals surface area contributed by atoms with Crippen LogP contribution in [-0.4, -0.2) is 0 Å². The van der Waals surface area contributed by atoms with Crippen molar-refractivity contribution in [3.8, 4) is 6.07 Å². The summed E-state index contributed by atoms with van der Waals surface area (Å²) in [5.41, 5.74) is 3.02. The first kappa shape index (κ1) is 14.2. The van der Waals surface area contributed by atoms with Crippen molar-refractivity contribution >= 4 is 17.0 Å². The van der Waals surface area contributed by atoms with Crippen molar-refractivity contribution in [2.75, 3.05) is 5.32 Å². The lowest BCUT2D eigenvalue weighted by atomic mass is 9.96. The maximum Gasteiger partial charge on any atom is 0.0992 e. The molecule has 21 heavy (non-hydrogen) atoms. The molecule has 3 rings (SSSR count). The highest BCUT2D eigenvalue weighted by molar-refractivity contribution is 7.10. The minimum Gasteiger partial charge on any atom is -0.377 e. The second kappa shape index (κ2) is 6.32. The molecule has 2 nitrogen and oxygen atoms in total. The lowest BCUT2D eigenvalue weighted by molar-refractivity contribution is 0.475. The van der Waals surface area contributed by atoms with Gasteiger partial charge in [-0.25, -0.2) is 0 Å². The van der Waals surface area contributed by atoms with Gasteiger partial charge in [0, 0.05) is 10.6 Å². The molecule has 1 saturated carbocycles. The van der Waals surface area contributed by atoms with Gasteiger partial charge in [0.1, 0.15) is 0 Å². The molecule has 1 aromatic carbocycles. The molecule has 1 heterocycles. The molecule has 1 atom stereocenters. The number of anilines is 1. The Morgan fingerprint density at radius 1 is 1.29 bits per heavy atom. The Bertz CT molecular complexity index is 634. The van der Waals surface area contributed by atoms with Crippen LogP contribution >= 0.6 is 11.3 Å². The fourth-order valence-electron chi connectivity index (χ4n) is 3.19. The van der Waals surface area contributed by atoms with Crippen molar-refractivity contribution in [1.82, 2.24) is 0 Å². The van der Waals surface area contributed by atoms with E-state index in [1.165, 1.54) is 36.1 Å². The van der Waals surface area contributed by atoms with Crippen LogP contribution in [0.2, 0.25) is 0 Å². The van der Waals surface area contributed by atoms with Crippen molar-refractivity contribution in [1.29, 1.82) is 5.26 Å². The Hall–Kier alpha value is -1.79. The fourth-order valence-corrected chi connectivity index (χ4v) is 4.06. The van der Waals surface area contributed by atoms with Crippen LogP contribution in [0.1, 0.15) is 47.7 Å². The molecule has 2 aromatic rings. The first-order chi connectivity index (χ1) is 10.3. The van der Waals surface area contributed by atoms with Gasteiger partial charge in [0.05, 0.1) is 17.7 Å². The molecule has 0 bridgehead atoms. The van der Waals surface area contributed by atoms with E-state index in [1.807, 2.05) is 29.5 Å². The molecule has 0 aliphatic heterocycles. The number of nitriles is 1. The van der Waals surface area contributed by atoms with Crippen molar-refractivity contribution in [2.45, 2.75) is 38.6 Å². The van der Waals surface area contributed by atoms with Crippen molar-refractivity contribution < 1.29 is 0 Å². The number of benzene rings is 1. The zero-order valence-corrected chi connectivity index (χ0v) is 13.1. The Labute approximate surface area is 130 Å². The molecule has 0 radical (unpaired) electrons. The number of nitrogens with zero attached hydrogens (tertiary/aromatic N) is 1. The van der Waals surface area contributed by atoms with Crippen LogP contribution in [0, 0.1) is 24.2 Å². The van der Waals surface area contributed by atoms with Gasteiger partial charge in [0.15, 0.2) is 0 Å². The van der Waals surface area contributed by atoms with Crippen molar-refractivity contribution in [3.63, 3.8) is 0 Å². The number of thiophene rings is 1. The van der Waals surface area contributed by atoms with E-state index >= 15 is 0 Å². The van der Waals surface area contributed by atoms with E-state index in [2.05, 4.69) is 35.8 Å². The standard InChI is InChI=1S/C18H20N2S/c1-13-8-9-14(12-19)11-16(13)20-18(15-5-2-3-6-15)17-7-4-10-21-17/h4,7-11,15,18,20H,2-3,5-6H2,1H3. The predicted octanol–water partition coefficient (Wildman–Crippen LogP) is 5.27. The molecule has 1 fully saturated rings. The van der Waals surface area contributed by atoms with E-state index in [9.17, 15) is 0 Å². The molecule has 1 aromatic heterocycles. The van der Waals surface area contributed by atoms with Crippen LogP contribution in [-0.2, 0) is 0 Å². The van der Waals surface area contributed by atoms with E-state index < -0.39 is 0 Å². The van der Waals surface area contributed by atoms with E-state index in [0.29, 0.717) is 12.0 Å². The van der Waals surface area contributed by atoms with Crippen molar-refractivity contribution in [3.05, 3.63) is 51.7 Å². The average Bonchev–Trinajstić information content (AvgIpc) is 3.20. The maximum atomic E-state index is 9.11. The van der Waals surface area contributed by atoms with Gasteiger partial charge in [0.2, 0.25) is 0 Å². The minimum absolute atomic E-state index is 0.375. The summed E-state index contributed by atoms with van der Waals surface area (Å²) in [5.74, 6) is 0.703. The van der Waals surface area contributed by atoms with Gasteiger partial charge in [-0.15, -0.1) is 11.3 Å². The highest BCUT2D eigenvalue weighted by Gasteiger charge is 2.27. The van der Waals surface area contributed by atoms with E-state index in [1.54, 1.807) is 0 Å². The van der Waals surface area contributed by atoms with Gasteiger partial charge >= 0.3 is 0 Å². The first-order valence-corrected chi connectivity index (χ1v) is 8.46. The monoisotopic (exact) mass is 296 g/mol. The van der Waals surface area contributed by atoms with Crippen LogP contribution in [0.15, 0.2) is 35.7 Å². The third-order valence-corrected chi connectivity index (χ3v) is 5.35. The molecular weight excluding hydrogens is 276 g/mol. The number of nitrogens with one attached hydrogen (secondary N) is 1. The molecular formula is C18H20N2S. The van der Waals surface area contributed by atoms with Gasteiger partial charge < -0.3 is 5.32 Å². The number of hydrogen-bond donors (Lipinski definition) is 1. The van der Waals surface area contributed by atoms with Crippen LogP contribution in [0.3, 0.4) is 0 Å². The largest absolute Gasteiger partial charge is 0.377 e.